The van der Waals surface area contributed by atoms with Crippen LogP contribution in [0.2, 0.25) is 0 Å². The Hall–Kier alpha value is -2.38. The number of hydrogen-bond acceptors (Lipinski definition) is 4. The quantitative estimate of drug-likeness (QED) is 0.302. The van der Waals surface area contributed by atoms with Crippen molar-refractivity contribution in [2.75, 3.05) is 6.61 Å². The Labute approximate surface area is 184 Å². The maximum atomic E-state index is 12.6. The number of rotatable bonds is 7. The summed E-state index contributed by atoms with van der Waals surface area (Å²) in [5, 5.41) is 21.1. The van der Waals surface area contributed by atoms with Gasteiger partial charge in [0.25, 0.3) is 5.91 Å². The second-order valence-electron chi connectivity index (χ2n) is 5.76. The monoisotopic (exact) mass is 554 g/mol. The summed E-state index contributed by atoms with van der Waals surface area (Å²) < 4.78 is 6.68. The highest BCUT2D eigenvalue weighted by molar-refractivity contribution is 14.1. The molecule has 0 unspecified atom stereocenters. The molecule has 0 saturated heterocycles. The van der Waals surface area contributed by atoms with E-state index in [1.54, 1.807) is 12.1 Å². The first-order valence-corrected chi connectivity index (χ1v) is 10.00. The fourth-order valence-corrected chi connectivity index (χ4v) is 4.04. The van der Waals surface area contributed by atoms with Crippen LogP contribution in [0.25, 0.3) is 6.08 Å². The third-order valence-corrected chi connectivity index (χ3v) is 4.90. The van der Waals surface area contributed by atoms with Crippen LogP contribution in [-0.2, 0) is 9.59 Å². The number of aliphatic carboxylic acids is 1. The molecular formula is C20H16BrIN2O4. The minimum atomic E-state index is -1.13. The van der Waals surface area contributed by atoms with E-state index >= 15 is 0 Å². The number of nitrogens with zero attached hydrogens (tertiary/aromatic N) is 1. The third-order valence-electron chi connectivity index (χ3n) is 3.69. The molecule has 0 heterocycles. The van der Waals surface area contributed by atoms with Gasteiger partial charge in [0.2, 0.25) is 0 Å². The highest BCUT2D eigenvalue weighted by Gasteiger charge is 2.16. The molecule has 0 aliphatic rings. The molecule has 0 aliphatic heterocycles. The van der Waals surface area contributed by atoms with Gasteiger partial charge < -0.3 is 15.2 Å². The molecule has 28 heavy (non-hydrogen) atoms. The zero-order valence-corrected chi connectivity index (χ0v) is 18.5. The van der Waals surface area contributed by atoms with Crippen LogP contribution >= 0.6 is 38.5 Å². The summed E-state index contributed by atoms with van der Waals surface area (Å²) in [7, 11) is 0. The fourth-order valence-electron chi connectivity index (χ4n) is 2.38. The molecule has 0 aromatic heterocycles. The lowest BCUT2D eigenvalue weighted by Crippen LogP contribution is -2.27. The lowest BCUT2D eigenvalue weighted by Gasteiger charge is -2.14. The van der Waals surface area contributed by atoms with E-state index in [0.29, 0.717) is 10.0 Å². The zero-order valence-electron chi connectivity index (χ0n) is 14.8. The number of carboxylic acid groups (broad SMARTS) is 1. The molecule has 2 aromatic carbocycles. The van der Waals surface area contributed by atoms with Gasteiger partial charge in [-0.15, -0.1) is 0 Å². The molecule has 1 atom stereocenters. The lowest BCUT2D eigenvalue weighted by atomic mass is 10.1. The van der Waals surface area contributed by atoms with E-state index in [9.17, 15) is 14.9 Å². The van der Waals surface area contributed by atoms with E-state index in [4.69, 9.17) is 9.84 Å². The number of carbonyl (C=O) groups excluding carboxylic acids is 1. The van der Waals surface area contributed by atoms with E-state index in [2.05, 4.69) is 43.8 Å². The largest absolute Gasteiger partial charge is 0.480 e. The van der Waals surface area contributed by atoms with E-state index in [1.807, 2.05) is 43.3 Å². The van der Waals surface area contributed by atoms with Crippen LogP contribution in [0.5, 0.6) is 5.75 Å². The molecule has 0 radical (unpaired) electrons. The number of amides is 1. The average Bonchev–Trinajstić information content (AvgIpc) is 2.65. The van der Waals surface area contributed by atoms with E-state index in [1.165, 1.54) is 6.08 Å². The van der Waals surface area contributed by atoms with Crippen molar-refractivity contribution in [3.05, 3.63) is 67.2 Å². The normalized spacial score (nSPS) is 12.0. The van der Waals surface area contributed by atoms with Crippen molar-refractivity contribution in [3.8, 4) is 11.8 Å². The highest BCUT2D eigenvalue weighted by Crippen LogP contribution is 2.33. The Morgan fingerprint density at radius 3 is 2.64 bits per heavy atom. The van der Waals surface area contributed by atoms with Gasteiger partial charge in [0.15, 0.2) is 6.61 Å². The smallest absolute Gasteiger partial charge is 0.341 e. The number of benzene rings is 2. The minimum Gasteiger partial charge on any atom is -0.480 e. The average molecular weight is 555 g/mol. The number of nitriles is 1. The molecule has 2 aromatic rings. The molecule has 2 rings (SSSR count). The van der Waals surface area contributed by atoms with Crippen LogP contribution in [0.15, 0.2) is 52.5 Å². The SMILES string of the molecule is C[C@H](NC(=O)/C(C#N)=C\c1cc(I)cc(Br)c1OCC(=O)O)c1ccccc1. The third kappa shape index (κ3) is 6.07. The van der Waals surface area contributed by atoms with E-state index < -0.39 is 18.5 Å². The second-order valence-corrected chi connectivity index (χ2v) is 7.86. The fraction of sp³-hybridized carbons (Fsp3) is 0.150. The van der Waals surface area contributed by atoms with Gasteiger partial charge in [-0.3, -0.25) is 4.79 Å². The van der Waals surface area contributed by atoms with Crippen molar-refractivity contribution in [2.24, 2.45) is 0 Å². The van der Waals surface area contributed by atoms with Gasteiger partial charge in [-0.1, -0.05) is 30.3 Å². The first-order valence-electron chi connectivity index (χ1n) is 8.13. The number of ether oxygens (including phenoxy) is 1. The Bertz CT molecular complexity index is 955. The van der Waals surface area contributed by atoms with Crippen molar-refractivity contribution in [2.45, 2.75) is 13.0 Å². The van der Waals surface area contributed by atoms with Crippen LogP contribution in [0.4, 0.5) is 0 Å². The van der Waals surface area contributed by atoms with Gasteiger partial charge in [0, 0.05) is 9.13 Å². The van der Waals surface area contributed by atoms with Crippen LogP contribution in [-0.4, -0.2) is 23.6 Å². The Morgan fingerprint density at radius 2 is 2.04 bits per heavy atom. The summed E-state index contributed by atoms with van der Waals surface area (Å²) in [6.45, 7) is 1.28. The van der Waals surface area contributed by atoms with Crippen molar-refractivity contribution in [1.82, 2.24) is 5.32 Å². The summed E-state index contributed by atoms with van der Waals surface area (Å²) in [6, 6.07) is 14.5. The van der Waals surface area contributed by atoms with Crippen LogP contribution in [0.3, 0.4) is 0 Å². The molecule has 144 valence electrons. The van der Waals surface area contributed by atoms with Gasteiger partial charge in [0.1, 0.15) is 17.4 Å². The maximum Gasteiger partial charge on any atom is 0.341 e. The van der Waals surface area contributed by atoms with Gasteiger partial charge in [-0.2, -0.15) is 5.26 Å². The molecule has 6 nitrogen and oxygen atoms in total. The summed E-state index contributed by atoms with van der Waals surface area (Å²) in [6.07, 6.45) is 1.39. The van der Waals surface area contributed by atoms with Gasteiger partial charge in [-0.05, 0) is 69.2 Å². The minimum absolute atomic E-state index is 0.114. The number of carbonyl (C=O) groups is 2. The van der Waals surface area contributed by atoms with Gasteiger partial charge >= 0.3 is 5.97 Å². The zero-order chi connectivity index (χ0) is 20.7. The van der Waals surface area contributed by atoms with E-state index in [0.717, 1.165) is 9.13 Å². The molecule has 1 amide bonds. The molecule has 0 fully saturated rings. The molecule has 0 bridgehead atoms. The molecule has 0 spiro atoms. The number of halogens is 2. The summed E-state index contributed by atoms with van der Waals surface area (Å²) in [5.74, 6) is -1.41. The molecular weight excluding hydrogens is 539 g/mol. The molecule has 0 aliphatic carbocycles. The molecule has 0 saturated carbocycles. The Kier molecular flexibility index (Phi) is 8.02. The predicted molar refractivity (Wildman–Crippen MR) is 117 cm³/mol. The topological polar surface area (TPSA) is 99.4 Å². The first kappa shape index (κ1) is 21.9. The summed E-state index contributed by atoms with van der Waals surface area (Å²) >= 11 is 5.41. The van der Waals surface area contributed by atoms with Crippen molar-refractivity contribution < 1.29 is 19.4 Å². The lowest BCUT2D eigenvalue weighted by molar-refractivity contribution is -0.139. The van der Waals surface area contributed by atoms with Crippen molar-refractivity contribution >= 4 is 56.5 Å². The standard InChI is InChI=1S/C20H16BrIN2O4/c1-12(13-5-3-2-4-6-13)24-20(27)15(10-23)7-14-8-16(22)9-17(21)19(14)28-11-18(25)26/h2-9,12H,11H2,1H3,(H,24,27)(H,25,26)/b15-7-/t12-/m0/s1. The number of hydrogen-bond donors (Lipinski definition) is 2. The Morgan fingerprint density at radius 1 is 1.36 bits per heavy atom. The summed E-state index contributed by atoms with van der Waals surface area (Å²) in [5.41, 5.74) is 1.23. The number of carboxylic acids is 1. The molecule has 2 N–H and O–H groups in total. The molecule has 8 heteroatoms. The van der Waals surface area contributed by atoms with Crippen LogP contribution < -0.4 is 10.1 Å². The van der Waals surface area contributed by atoms with E-state index in [-0.39, 0.29) is 17.4 Å². The van der Waals surface area contributed by atoms with Gasteiger partial charge in [0.05, 0.1) is 10.5 Å². The Balaban J connectivity index is 2.31. The first-order chi connectivity index (χ1) is 13.3. The van der Waals surface area contributed by atoms with Crippen LogP contribution in [0.1, 0.15) is 24.1 Å². The van der Waals surface area contributed by atoms with Crippen molar-refractivity contribution in [3.63, 3.8) is 0 Å². The van der Waals surface area contributed by atoms with Crippen molar-refractivity contribution in [1.29, 1.82) is 5.26 Å². The van der Waals surface area contributed by atoms with Gasteiger partial charge in [-0.25, -0.2) is 4.79 Å². The van der Waals surface area contributed by atoms with Crippen LogP contribution in [0, 0.1) is 14.9 Å². The predicted octanol–water partition coefficient (Wildman–Crippen LogP) is 4.30. The number of nitrogens with one attached hydrogen (secondary N) is 1. The second kappa shape index (κ2) is 10.2. The highest BCUT2D eigenvalue weighted by atomic mass is 127. The summed E-state index contributed by atoms with van der Waals surface area (Å²) in [4.78, 5) is 23.4. The maximum absolute atomic E-state index is 12.6.